The maximum Gasteiger partial charge on any atom is 0.274 e. The van der Waals surface area contributed by atoms with Gasteiger partial charge in [-0.15, -0.1) is 0 Å². The van der Waals surface area contributed by atoms with Gasteiger partial charge in [0.2, 0.25) is 0 Å². The summed E-state index contributed by atoms with van der Waals surface area (Å²) in [5, 5.41) is 5.19. The molecule has 1 amide bonds. The fourth-order valence-electron chi connectivity index (χ4n) is 2.23. The van der Waals surface area contributed by atoms with E-state index >= 15 is 0 Å². The minimum Gasteiger partial charge on any atom is -0.340 e. The minimum atomic E-state index is -1.66. The molecule has 2 N–H and O–H groups in total. The van der Waals surface area contributed by atoms with Crippen molar-refractivity contribution >= 4 is 23.1 Å². The lowest BCUT2D eigenvalue weighted by molar-refractivity contribution is 0.102. The van der Waals surface area contributed by atoms with E-state index in [0.717, 1.165) is 17.8 Å². The zero-order chi connectivity index (χ0) is 18.7. The summed E-state index contributed by atoms with van der Waals surface area (Å²) in [7, 11) is 0. The first-order valence-electron chi connectivity index (χ1n) is 7.56. The van der Waals surface area contributed by atoms with Crippen molar-refractivity contribution in [3.63, 3.8) is 0 Å². The molecule has 0 unspecified atom stereocenters. The first kappa shape index (κ1) is 17.4. The second-order valence-electron chi connectivity index (χ2n) is 5.35. The molecule has 2 aromatic carbocycles. The number of hydrogen-bond donors (Lipinski definition) is 2. The number of carbonyl (C=O) groups is 1. The van der Waals surface area contributed by atoms with E-state index in [2.05, 4.69) is 20.6 Å². The summed E-state index contributed by atoms with van der Waals surface area (Å²) < 4.78 is 40.0. The number of halogens is 3. The molecule has 0 aliphatic carbocycles. The van der Waals surface area contributed by atoms with Crippen molar-refractivity contribution in [2.24, 2.45) is 0 Å². The molecule has 3 rings (SSSR count). The fraction of sp³-hybridized carbons (Fsp3) is 0.0556. The number of carbonyl (C=O) groups excluding carboxylic acids is 1. The van der Waals surface area contributed by atoms with E-state index in [-0.39, 0.29) is 5.69 Å². The highest BCUT2D eigenvalue weighted by Gasteiger charge is 2.17. The van der Waals surface area contributed by atoms with Crippen LogP contribution in [0.2, 0.25) is 0 Å². The molecule has 0 fully saturated rings. The summed E-state index contributed by atoms with van der Waals surface area (Å²) in [4.78, 5) is 20.5. The normalized spacial score (nSPS) is 10.5. The van der Waals surface area contributed by atoms with Crippen molar-refractivity contribution in [3.8, 4) is 0 Å². The SMILES string of the molecule is Cc1nc(Nc2ccccc2)cc(C(=O)Nc2ccc(F)c(F)c2F)n1. The molecular weight excluding hydrogens is 345 g/mol. The van der Waals surface area contributed by atoms with Gasteiger partial charge in [0.25, 0.3) is 5.91 Å². The molecular formula is C18H13F3N4O. The van der Waals surface area contributed by atoms with Gasteiger partial charge in [-0.2, -0.15) is 0 Å². The Kier molecular flexibility index (Phi) is 4.83. The topological polar surface area (TPSA) is 66.9 Å². The molecule has 132 valence electrons. The Morgan fingerprint density at radius 3 is 2.42 bits per heavy atom. The van der Waals surface area contributed by atoms with Gasteiger partial charge in [-0.25, -0.2) is 23.1 Å². The van der Waals surface area contributed by atoms with Crippen LogP contribution < -0.4 is 10.6 Å². The van der Waals surface area contributed by atoms with Crippen LogP contribution in [0.15, 0.2) is 48.5 Å². The molecule has 1 aromatic heterocycles. The maximum atomic E-state index is 13.7. The molecule has 3 aromatic rings. The molecule has 0 aliphatic rings. The highest BCUT2D eigenvalue weighted by molar-refractivity contribution is 6.03. The lowest BCUT2D eigenvalue weighted by Crippen LogP contribution is -2.16. The number of hydrogen-bond acceptors (Lipinski definition) is 4. The minimum absolute atomic E-state index is 0.0555. The van der Waals surface area contributed by atoms with E-state index in [4.69, 9.17) is 0 Å². The second kappa shape index (κ2) is 7.22. The van der Waals surface area contributed by atoms with Gasteiger partial charge < -0.3 is 10.6 Å². The molecule has 0 aliphatic heterocycles. The van der Waals surface area contributed by atoms with Crippen LogP contribution in [0, 0.1) is 24.4 Å². The molecule has 0 saturated heterocycles. The second-order valence-corrected chi connectivity index (χ2v) is 5.35. The highest BCUT2D eigenvalue weighted by atomic mass is 19.2. The predicted molar refractivity (Wildman–Crippen MR) is 90.8 cm³/mol. The third kappa shape index (κ3) is 3.80. The van der Waals surface area contributed by atoms with E-state index in [1.165, 1.54) is 6.07 Å². The Balaban J connectivity index is 1.85. The molecule has 5 nitrogen and oxygen atoms in total. The number of nitrogens with zero attached hydrogens (tertiary/aromatic N) is 2. The molecule has 0 saturated carbocycles. The molecule has 0 bridgehead atoms. The van der Waals surface area contributed by atoms with E-state index < -0.39 is 29.0 Å². The van der Waals surface area contributed by atoms with Gasteiger partial charge in [0, 0.05) is 11.8 Å². The molecule has 0 radical (unpaired) electrons. The Bertz CT molecular complexity index is 964. The van der Waals surface area contributed by atoms with Gasteiger partial charge in [0.1, 0.15) is 17.3 Å². The fourth-order valence-corrected chi connectivity index (χ4v) is 2.23. The van der Waals surface area contributed by atoms with Gasteiger partial charge in [-0.3, -0.25) is 4.79 Å². The number of para-hydroxylation sites is 1. The van der Waals surface area contributed by atoms with Crippen molar-refractivity contribution in [1.29, 1.82) is 0 Å². The van der Waals surface area contributed by atoms with Crippen LogP contribution in [0.25, 0.3) is 0 Å². The zero-order valence-electron chi connectivity index (χ0n) is 13.6. The van der Waals surface area contributed by atoms with E-state index in [1.807, 2.05) is 30.3 Å². The summed E-state index contributed by atoms with van der Waals surface area (Å²) in [6.07, 6.45) is 0. The average molecular weight is 358 g/mol. The number of benzene rings is 2. The number of rotatable bonds is 4. The Hall–Kier alpha value is -3.42. The molecule has 8 heteroatoms. The smallest absolute Gasteiger partial charge is 0.274 e. The zero-order valence-corrected chi connectivity index (χ0v) is 13.6. The number of aryl methyl sites for hydroxylation is 1. The summed E-state index contributed by atoms with van der Waals surface area (Å²) in [5.74, 6) is -4.59. The summed E-state index contributed by atoms with van der Waals surface area (Å²) in [5.41, 5.74) is 0.214. The summed E-state index contributed by atoms with van der Waals surface area (Å²) >= 11 is 0. The average Bonchev–Trinajstić information content (AvgIpc) is 2.62. The van der Waals surface area contributed by atoms with E-state index in [1.54, 1.807) is 6.92 Å². The van der Waals surface area contributed by atoms with E-state index in [0.29, 0.717) is 11.6 Å². The third-order valence-corrected chi connectivity index (χ3v) is 3.40. The van der Waals surface area contributed by atoms with Gasteiger partial charge in [-0.05, 0) is 31.2 Å². The number of aromatic nitrogens is 2. The lowest BCUT2D eigenvalue weighted by atomic mass is 10.2. The van der Waals surface area contributed by atoms with Crippen molar-refractivity contribution in [3.05, 3.63) is 77.5 Å². The Morgan fingerprint density at radius 2 is 1.69 bits per heavy atom. The molecule has 0 atom stereocenters. The van der Waals surface area contributed by atoms with Crippen LogP contribution in [-0.4, -0.2) is 15.9 Å². The lowest BCUT2D eigenvalue weighted by Gasteiger charge is -2.10. The van der Waals surface area contributed by atoms with Crippen LogP contribution in [0.5, 0.6) is 0 Å². The van der Waals surface area contributed by atoms with Crippen LogP contribution in [0.1, 0.15) is 16.3 Å². The molecule has 0 spiro atoms. The Morgan fingerprint density at radius 1 is 0.962 bits per heavy atom. The number of nitrogens with one attached hydrogen (secondary N) is 2. The first-order valence-corrected chi connectivity index (χ1v) is 7.56. The maximum absolute atomic E-state index is 13.7. The first-order chi connectivity index (χ1) is 12.4. The standard InChI is InChI=1S/C18H13F3N4O/c1-10-22-14(9-15(23-10)24-11-5-3-2-4-6-11)18(26)25-13-8-7-12(19)16(20)17(13)21/h2-9H,1H3,(H,25,26)(H,22,23,24). The Labute approximate surface area is 146 Å². The molecule has 26 heavy (non-hydrogen) atoms. The quantitative estimate of drug-likeness (QED) is 0.686. The van der Waals surface area contributed by atoms with Crippen molar-refractivity contribution in [2.75, 3.05) is 10.6 Å². The summed E-state index contributed by atoms with van der Waals surface area (Å²) in [6, 6.07) is 12.2. The van der Waals surface area contributed by atoms with Crippen LogP contribution in [-0.2, 0) is 0 Å². The third-order valence-electron chi connectivity index (χ3n) is 3.40. The molecule has 1 heterocycles. The van der Waals surface area contributed by atoms with Gasteiger partial charge in [0.05, 0.1) is 5.69 Å². The van der Waals surface area contributed by atoms with Gasteiger partial charge in [-0.1, -0.05) is 18.2 Å². The largest absolute Gasteiger partial charge is 0.340 e. The van der Waals surface area contributed by atoms with Crippen molar-refractivity contribution in [1.82, 2.24) is 9.97 Å². The van der Waals surface area contributed by atoms with Crippen LogP contribution in [0.4, 0.5) is 30.4 Å². The van der Waals surface area contributed by atoms with E-state index in [9.17, 15) is 18.0 Å². The highest BCUT2D eigenvalue weighted by Crippen LogP contribution is 2.21. The van der Waals surface area contributed by atoms with Gasteiger partial charge >= 0.3 is 0 Å². The van der Waals surface area contributed by atoms with Crippen LogP contribution >= 0.6 is 0 Å². The van der Waals surface area contributed by atoms with Crippen LogP contribution in [0.3, 0.4) is 0 Å². The monoisotopic (exact) mass is 358 g/mol. The predicted octanol–water partition coefficient (Wildman–Crippen LogP) is 4.20. The van der Waals surface area contributed by atoms with Gasteiger partial charge in [0.15, 0.2) is 17.5 Å². The number of amides is 1. The van der Waals surface area contributed by atoms with Crippen molar-refractivity contribution < 1.29 is 18.0 Å². The number of anilines is 3. The summed E-state index contributed by atoms with van der Waals surface area (Å²) in [6.45, 7) is 1.59. The van der Waals surface area contributed by atoms with Crippen molar-refractivity contribution in [2.45, 2.75) is 6.92 Å².